The predicted octanol–water partition coefficient (Wildman–Crippen LogP) is 2.58. The minimum Gasteiger partial charge on any atom is -0.495 e. The molecule has 28 heavy (non-hydrogen) atoms. The number of nitrogens with one attached hydrogen (secondary N) is 2. The van der Waals surface area contributed by atoms with Gasteiger partial charge in [0.2, 0.25) is 11.8 Å². The number of ether oxygens (including phenoxy) is 1. The highest BCUT2D eigenvalue weighted by atomic mass is 32.1. The first kappa shape index (κ1) is 19.3. The van der Waals surface area contributed by atoms with Gasteiger partial charge in [0.25, 0.3) is 5.56 Å². The van der Waals surface area contributed by atoms with Crippen molar-refractivity contribution in [2.45, 2.75) is 13.5 Å². The van der Waals surface area contributed by atoms with Gasteiger partial charge in [-0.25, -0.2) is 4.98 Å². The third-order valence-corrected chi connectivity index (χ3v) is 4.65. The zero-order valence-electron chi connectivity index (χ0n) is 15.3. The molecule has 144 valence electrons. The van der Waals surface area contributed by atoms with Crippen molar-refractivity contribution in [1.29, 1.82) is 0 Å². The summed E-state index contributed by atoms with van der Waals surface area (Å²) in [6, 6.07) is 10.0. The topological polar surface area (TPSA) is 102 Å². The number of hydrogen-bond acceptors (Lipinski definition) is 6. The first-order valence-electron chi connectivity index (χ1n) is 8.32. The minimum absolute atomic E-state index is 0.204. The zero-order chi connectivity index (χ0) is 20.1. The summed E-state index contributed by atoms with van der Waals surface area (Å²) >= 11 is 1.48. The summed E-state index contributed by atoms with van der Waals surface area (Å²) in [5, 5.41) is 7.23. The van der Waals surface area contributed by atoms with Crippen molar-refractivity contribution in [2.75, 3.05) is 17.7 Å². The average molecular weight is 398 g/mol. The van der Waals surface area contributed by atoms with E-state index in [2.05, 4.69) is 15.6 Å². The summed E-state index contributed by atoms with van der Waals surface area (Å²) in [6.07, 6.45) is 1.35. The second kappa shape index (κ2) is 8.49. The molecular weight excluding hydrogens is 380 g/mol. The molecule has 0 unspecified atom stereocenters. The molecule has 0 spiro atoms. The van der Waals surface area contributed by atoms with Crippen molar-refractivity contribution < 1.29 is 14.3 Å². The molecular formula is C19H18N4O4S. The Morgan fingerprint density at radius 2 is 2.04 bits per heavy atom. The number of methoxy groups -OCH3 is 1. The molecule has 0 atom stereocenters. The molecule has 3 rings (SSSR count). The van der Waals surface area contributed by atoms with Gasteiger partial charge >= 0.3 is 0 Å². The highest BCUT2D eigenvalue weighted by molar-refractivity contribution is 7.13. The quantitative estimate of drug-likeness (QED) is 0.664. The zero-order valence-corrected chi connectivity index (χ0v) is 16.1. The fourth-order valence-corrected chi connectivity index (χ4v) is 3.23. The van der Waals surface area contributed by atoms with Gasteiger partial charge in [-0.3, -0.25) is 19.0 Å². The number of rotatable bonds is 6. The van der Waals surface area contributed by atoms with Gasteiger partial charge in [-0.2, -0.15) is 0 Å². The SMILES string of the molecule is COc1ccc(NC(C)=O)cc1NC(=O)Cn1cnc(-c2cccs2)cc1=O. The largest absolute Gasteiger partial charge is 0.495 e. The van der Waals surface area contributed by atoms with E-state index < -0.39 is 5.91 Å². The lowest BCUT2D eigenvalue weighted by molar-refractivity contribution is -0.117. The minimum atomic E-state index is -0.425. The van der Waals surface area contributed by atoms with E-state index in [1.54, 1.807) is 18.2 Å². The first-order chi connectivity index (χ1) is 13.5. The monoisotopic (exact) mass is 398 g/mol. The summed E-state index contributed by atoms with van der Waals surface area (Å²) in [5.41, 5.74) is 1.14. The number of thiophene rings is 1. The Labute approximate surface area is 164 Å². The van der Waals surface area contributed by atoms with Gasteiger partial charge in [0, 0.05) is 18.7 Å². The molecule has 2 heterocycles. The van der Waals surface area contributed by atoms with Gasteiger partial charge in [-0.05, 0) is 29.6 Å². The highest BCUT2D eigenvalue weighted by Crippen LogP contribution is 2.28. The molecule has 2 N–H and O–H groups in total. The number of carbonyl (C=O) groups is 2. The molecule has 8 nitrogen and oxygen atoms in total. The number of carbonyl (C=O) groups excluding carboxylic acids is 2. The Morgan fingerprint density at radius 3 is 2.68 bits per heavy atom. The number of hydrogen-bond donors (Lipinski definition) is 2. The molecule has 0 radical (unpaired) electrons. The van der Waals surface area contributed by atoms with Crippen LogP contribution in [-0.4, -0.2) is 28.5 Å². The number of anilines is 2. The Hall–Kier alpha value is -3.46. The maximum atomic E-state index is 12.4. The fourth-order valence-electron chi connectivity index (χ4n) is 2.53. The molecule has 9 heteroatoms. The molecule has 0 fully saturated rings. The molecule has 2 aromatic heterocycles. The van der Waals surface area contributed by atoms with Gasteiger partial charge in [0.1, 0.15) is 12.3 Å². The number of nitrogens with zero attached hydrogens (tertiary/aromatic N) is 2. The van der Waals surface area contributed by atoms with Crippen LogP contribution in [0.1, 0.15) is 6.92 Å². The molecule has 1 aromatic carbocycles. The average Bonchev–Trinajstić information content (AvgIpc) is 3.18. The number of amides is 2. The Kier molecular flexibility index (Phi) is 5.85. The van der Waals surface area contributed by atoms with Gasteiger partial charge in [0.05, 0.1) is 29.7 Å². The van der Waals surface area contributed by atoms with Crippen LogP contribution in [0.25, 0.3) is 10.6 Å². The van der Waals surface area contributed by atoms with E-state index in [9.17, 15) is 14.4 Å². The number of benzene rings is 1. The van der Waals surface area contributed by atoms with Crippen LogP contribution in [0.2, 0.25) is 0 Å². The van der Waals surface area contributed by atoms with Crippen LogP contribution in [0.4, 0.5) is 11.4 Å². The van der Waals surface area contributed by atoms with Crippen LogP contribution in [0.15, 0.2) is 52.9 Å². The lowest BCUT2D eigenvalue weighted by Gasteiger charge is -2.13. The van der Waals surface area contributed by atoms with E-state index in [1.165, 1.54) is 42.3 Å². The fraction of sp³-hybridized carbons (Fsp3) is 0.158. The first-order valence-corrected chi connectivity index (χ1v) is 9.20. The summed E-state index contributed by atoms with van der Waals surface area (Å²) in [7, 11) is 1.47. The molecule has 0 aliphatic heterocycles. The summed E-state index contributed by atoms with van der Waals surface area (Å²) in [4.78, 5) is 41.1. The Balaban J connectivity index is 1.75. The second-order valence-corrected chi connectivity index (χ2v) is 6.81. The van der Waals surface area contributed by atoms with E-state index in [4.69, 9.17) is 4.74 Å². The second-order valence-electron chi connectivity index (χ2n) is 5.86. The van der Waals surface area contributed by atoms with E-state index in [1.807, 2.05) is 17.5 Å². The molecule has 2 amide bonds. The standard InChI is InChI=1S/C19H18N4O4S/c1-12(24)21-13-5-6-16(27-2)14(8-13)22-18(25)10-23-11-20-15(9-19(23)26)17-4-3-7-28-17/h3-9,11H,10H2,1-2H3,(H,21,24)(H,22,25). The van der Waals surface area contributed by atoms with Crippen LogP contribution >= 0.6 is 11.3 Å². The van der Waals surface area contributed by atoms with Crippen LogP contribution in [-0.2, 0) is 16.1 Å². The third kappa shape index (κ3) is 4.63. The van der Waals surface area contributed by atoms with Gasteiger partial charge in [-0.15, -0.1) is 11.3 Å². The molecule has 0 saturated heterocycles. The molecule has 0 aliphatic rings. The van der Waals surface area contributed by atoms with Crippen molar-refractivity contribution >= 4 is 34.5 Å². The lowest BCUT2D eigenvalue weighted by atomic mass is 10.2. The summed E-state index contributed by atoms with van der Waals surface area (Å²) in [6.45, 7) is 1.19. The Morgan fingerprint density at radius 1 is 1.21 bits per heavy atom. The van der Waals surface area contributed by atoms with Crippen molar-refractivity contribution in [3.63, 3.8) is 0 Å². The van der Waals surface area contributed by atoms with Crippen molar-refractivity contribution in [3.8, 4) is 16.3 Å². The highest BCUT2D eigenvalue weighted by Gasteiger charge is 2.12. The van der Waals surface area contributed by atoms with E-state index >= 15 is 0 Å². The molecule has 0 bridgehead atoms. The van der Waals surface area contributed by atoms with Crippen LogP contribution in [0.5, 0.6) is 5.75 Å². The summed E-state index contributed by atoms with van der Waals surface area (Å²) in [5.74, 6) is -0.224. The number of aromatic nitrogens is 2. The van der Waals surface area contributed by atoms with Crippen LogP contribution < -0.4 is 20.9 Å². The van der Waals surface area contributed by atoms with E-state index in [-0.39, 0.29) is 18.0 Å². The van der Waals surface area contributed by atoms with Crippen LogP contribution in [0, 0.1) is 0 Å². The van der Waals surface area contributed by atoms with Crippen molar-refractivity contribution in [3.05, 3.63) is 58.5 Å². The van der Waals surface area contributed by atoms with Gasteiger partial charge in [-0.1, -0.05) is 6.07 Å². The van der Waals surface area contributed by atoms with Gasteiger partial charge < -0.3 is 15.4 Å². The third-order valence-electron chi connectivity index (χ3n) is 3.76. The Bertz CT molecular complexity index is 1060. The van der Waals surface area contributed by atoms with E-state index in [0.29, 0.717) is 22.8 Å². The maximum absolute atomic E-state index is 12.4. The maximum Gasteiger partial charge on any atom is 0.254 e. The summed E-state index contributed by atoms with van der Waals surface area (Å²) < 4.78 is 6.45. The lowest BCUT2D eigenvalue weighted by Crippen LogP contribution is -2.27. The predicted molar refractivity (Wildman–Crippen MR) is 108 cm³/mol. The molecule has 3 aromatic rings. The molecule has 0 saturated carbocycles. The van der Waals surface area contributed by atoms with Crippen molar-refractivity contribution in [1.82, 2.24) is 9.55 Å². The van der Waals surface area contributed by atoms with E-state index in [0.717, 1.165) is 4.88 Å². The molecule has 0 aliphatic carbocycles. The van der Waals surface area contributed by atoms with Gasteiger partial charge in [0.15, 0.2) is 0 Å². The van der Waals surface area contributed by atoms with Crippen molar-refractivity contribution in [2.24, 2.45) is 0 Å². The van der Waals surface area contributed by atoms with Crippen LogP contribution in [0.3, 0.4) is 0 Å². The smallest absolute Gasteiger partial charge is 0.254 e. The normalized spacial score (nSPS) is 10.4.